The average Bonchev–Trinajstić information content (AvgIpc) is 3.17. The Morgan fingerprint density at radius 1 is 0.897 bits per heavy atom. The minimum atomic E-state index is -3.53. The highest BCUT2D eigenvalue weighted by atomic mass is 32.2. The van der Waals surface area contributed by atoms with Crippen LogP contribution in [-0.4, -0.2) is 31.4 Å². The number of hydrogen-bond acceptors (Lipinski definition) is 4. The first kappa shape index (κ1) is 27.9. The fraction of sp³-hybridized carbons (Fsp3) is 0.226. The lowest BCUT2D eigenvalue weighted by molar-refractivity contribution is 0.0955. The summed E-state index contributed by atoms with van der Waals surface area (Å²) in [6, 6.07) is 22.6. The van der Waals surface area contributed by atoms with E-state index in [0.29, 0.717) is 11.3 Å². The van der Waals surface area contributed by atoms with E-state index in [0.717, 1.165) is 33.8 Å². The summed E-state index contributed by atoms with van der Waals surface area (Å²) in [6.45, 7) is 10.4. The third-order valence-electron chi connectivity index (χ3n) is 6.85. The fourth-order valence-electron chi connectivity index (χ4n) is 4.44. The van der Waals surface area contributed by atoms with Crippen LogP contribution in [0.3, 0.4) is 0 Å². The zero-order valence-electron chi connectivity index (χ0n) is 23.2. The maximum atomic E-state index is 12.7. The lowest BCUT2D eigenvalue weighted by atomic mass is 10.1. The number of aryl methyl sites for hydroxylation is 4. The SMILES string of the molecule is Cc1ccc(CN(c2ccc(C(=O)N/N=C\c3cc(C)n(-c4ccc(C)c(C)c4)c3C)cc2)S(C)(=O)=O)cc1. The molecule has 0 spiro atoms. The van der Waals surface area contributed by atoms with Crippen molar-refractivity contribution in [3.05, 3.63) is 118 Å². The summed E-state index contributed by atoms with van der Waals surface area (Å²) < 4.78 is 28.5. The van der Waals surface area contributed by atoms with Crippen molar-refractivity contribution in [1.82, 2.24) is 9.99 Å². The van der Waals surface area contributed by atoms with Crippen molar-refractivity contribution in [3.63, 3.8) is 0 Å². The quantitative estimate of drug-likeness (QED) is 0.227. The molecule has 0 aliphatic heterocycles. The predicted molar refractivity (Wildman–Crippen MR) is 158 cm³/mol. The highest BCUT2D eigenvalue weighted by Gasteiger charge is 2.18. The number of anilines is 1. The summed E-state index contributed by atoms with van der Waals surface area (Å²) in [5.41, 5.74) is 12.0. The van der Waals surface area contributed by atoms with Crippen LogP contribution in [0.15, 0.2) is 77.9 Å². The molecule has 202 valence electrons. The average molecular weight is 543 g/mol. The van der Waals surface area contributed by atoms with Crippen LogP contribution in [0, 0.1) is 34.6 Å². The Kier molecular flexibility index (Phi) is 8.06. The normalized spacial score (nSPS) is 11.6. The van der Waals surface area contributed by atoms with Crippen LogP contribution in [0.25, 0.3) is 5.69 Å². The van der Waals surface area contributed by atoms with Crippen molar-refractivity contribution in [3.8, 4) is 5.69 Å². The molecule has 7 nitrogen and oxygen atoms in total. The molecule has 0 aliphatic rings. The molecule has 0 unspecified atom stereocenters. The van der Waals surface area contributed by atoms with E-state index < -0.39 is 10.0 Å². The molecule has 0 radical (unpaired) electrons. The summed E-state index contributed by atoms with van der Waals surface area (Å²) in [7, 11) is -3.53. The monoisotopic (exact) mass is 542 g/mol. The molecule has 1 amide bonds. The van der Waals surface area contributed by atoms with Crippen LogP contribution in [0.2, 0.25) is 0 Å². The Hall–Kier alpha value is -4.17. The van der Waals surface area contributed by atoms with Gasteiger partial charge in [-0.15, -0.1) is 0 Å². The highest BCUT2D eigenvalue weighted by Crippen LogP contribution is 2.23. The third-order valence-corrected chi connectivity index (χ3v) is 7.99. The largest absolute Gasteiger partial charge is 0.318 e. The van der Waals surface area contributed by atoms with Gasteiger partial charge in [0.1, 0.15) is 0 Å². The molecule has 4 aromatic rings. The number of carbonyl (C=O) groups is 1. The van der Waals surface area contributed by atoms with Crippen molar-refractivity contribution in [2.75, 3.05) is 10.6 Å². The van der Waals surface area contributed by atoms with Gasteiger partial charge in [-0.05, 0) is 93.8 Å². The Balaban J connectivity index is 1.46. The fourth-order valence-corrected chi connectivity index (χ4v) is 5.33. The molecule has 0 saturated heterocycles. The van der Waals surface area contributed by atoms with Gasteiger partial charge < -0.3 is 4.57 Å². The Labute approximate surface area is 230 Å². The zero-order chi connectivity index (χ0) is 28.3. The van der Waals surface area contributed by atoms with Crippen LogP contribution in [0.5, 0.6) is 0 Å². The molecule has 8 heteroatoms. The van der Waals surface area contributed by atoms with E-state index >= 15 is 0 Å². The number of aromatic nitrogens is 1. The first-order chi connectivity index (χ1) is 18.4. The molecule has 1 N–H and O–H groups in total. The van der Waals surface area contributed by atoms with Crippen LogP contribution >= 0.6 is 0 Å². The summed E-state index contributed by atoms with van der Waals surface area (Å²) in [4.78, 5) is 12.7. The lowest BCUT2D eigenvalue weighted by Crippen LogP contribution is -2.29. The number of amides is 1. The number of carbonyl (C=O) groups excluding carboxylic acids is 1. The number of hydrazone groups is 1. The summed E-state index contributed by atoms with van der Waals surface area (Å²) in [6.07, 6.45) is 2.81. The van der Waals surface area contributed by atoms with Crippen LogP contribution in [-0.2, 0) is 16.6 Å². The molecular weight excluding hydrogens is 508 g/mol. The summed E-state index contributed by atoms with van der Waals surface area (Å²) in [5.74, 6) is -0.384. The van der Waals surface area contributed by atoms with Crippen LogP contribution in [0.1, 0.15) is 49.6 Å². The summed E-state index contributed by atoms with van der Waals surface area (Å²) >= 11 is 0. The van der Waals surface area contributed by atoms with E-state index in [2.05, 4.69) is 47.1 Å². The number of nitrogens with zero attached hydrogens (tertiary/aromatic N) is 3. The molecule has 0 saturated carbocycles. The molecule has 4 rings (SSSR count). The predicted octanol–water partition coefficient (Wildman–Crippen LogP) is 5.75. The topological polar surface area (TPSA) is 83.8 Å². The van der Waals surface area contributed by atoms with Gasteiger partial charge in [-0.2, -0.15) is 5.10 Å². The Morgan fingerprint density at radius 2 is 1.56 bits per heavy atom. The van der Waals surface area contributed by atoms with Crippen molar-refractivity contribution in [2.45, 2.75) is 41.2 Å². The molecule has 0 bridgehead atoms. The molecule has 0 atom stereocenters. The minimum absolute atomic E-state index is 0.204. The second-order valence-electron chi connectivity index (χ2n) is 9.93. The van der Waals surface area contributed by atoms with Crippen molar-refractivity contribution in [2.24, 2.45) is 5.10 Å². The lowest BCUT2D eigenvalue weighted by Gasteiger charge is -2.22. The van der Waals surface area contributed by atoms with Crippen molar-refractivity contribution < 1.29 is 13.2 Å². The van der Waals surface area contributed by atoms with Crippen molar-refractivity contribution >= 4 is 27.8 Å². The van der Waals surface area contributed by atoms with Gasteiger partial charge in [0, 0.05) is 28.2 Å². The molecule has 3 aromatic carbocycles. The number of sulfonamides is 1. The third kappa shape index (κ3) is 6.46. The van der Waals surface area contributed by atoms with Crippen LogP contribution < -0.4 is 9.73 Å². The van der Waals surface area contributed by atoms with Gasteiger partial charge in [0.15, 0.2) is 0 Å². The first-order valence-electron chi connectivity index (χ1n) is 12.7. The Bertz CT molecular complexity index is 1630. The van der Waals surface area contributed by atoms with Gasteiger partial charge in [-0.1, -0.05) is 35.9 Å². The van der Waals surface area contributed by atoms with Gasteiger partial charge in [0.05, 0.1) is 24.7 Å². The second-order valence-corrected chi connectivity index (χ2v) is 11.8. The van der Waals surface area contributed by atoms with E-state index in [1.165, 1.54) is 21.7 Å². The smallest absolute Gasteiger partial charge is 0.271 e. The maximum Gasteiger partial charge on any atom is 0.271 e. The van der Waals surface area contributed by atoms with Crippen molar-refractivity contribution in [1.29, 1.82) is 0 Å². The number of rotatable bonds is 8. The standard InChI is InChI=1S/C31H34N4O3S/c1-21-7-10-26(11-8-21)20-34(39(6,37)38)29-15-12-27(13-16-29)31(36)33-32-19-28-18-24(4)35(25(28)5)30-14-9-22(2)23(3)17-30/h7-19H,20H2,1-6H3,(H,33,36)/b32-19-. The number of nitrogens with one attached hydrogen (secondary N) is 1. The first-order valence-corrected chi connectivity index (χ1v) is 14.5. The molecule has 0 fully saturated rings. The number of hydrogen-bond donors (Lipinski definition) is 1. The summed E-state index contributed by atoms with van der Waals surface area (Å²) in [5, 5.41) is 4.17. The Morgan fingerprint density at radius 3 is 2.18 bits per heavy atom. The van der Waals surface area contributed by atoms with E-state index in [4.69, 9.17) is 0 Å². The van der Waals surface area contributed by atoms with E-state index in [1.54, 1.807) is 30.5 Å². The molecule has 0 aliphatic carbocycles. The molecular formula is C31H34N4O3S. The number of benzene rings is 3. The van der Waals surface area contributed by atoms with E-state index in [9.17, 15) is 13.2 Å². The van der Waals surface area contributed by atoms with Gasteiger partial charge >= 0.3 is 0 Å². The van der Waals surface area contributed by atoms with Gasteiger partial charge in [-0.25, -0.2) is 13.8 Å². The minimum Gasteiger partial charge on any atom is -0.318 e. The van der Waals surface area contributed by atoms with Gasteiger partial charge in [-0.3, -0.25) is 9.10 Å². The van der Waals surface area contributed by atoms with Crippen LogP contribution in [0.4, 0.5) is 5.69 Å². The molecule has 1 heterocycles. The van der Waals surface area contributed by atoms with Gasteiger partial charge in [0.25, 0.3) is 5.91 Å². The van der Waals surface area contributed by atoms with Gasteiger partial charge in [0.2, 0.25) is 10.0 Å². The molecule has 1 aromatic heterocycles. The van der Waals surface area contributed by atoms with E-state index in [1.807, 2.05) is 51.1 Å². The highest BCUT2D eigenvalue weighted by molar-refractivity contribution is 7.92. The molecule has 39 heavy (non-hydrogen) atoms. The van der Waals surface area contributed by atoms with E-state index in [-0.39, 0.29) is 12.5 Å². The zero-order valence-corrected chi connectivity index (χ0v) is 24.0. The second kappa shape index (κ2) is 11.3. The maximum absolute atomic E-state index is 12.7.